The number of H-pyrrole nitrogens is 1. The van der Waals surface area contributed by atoms with Crippen molar-refractivity contribution in [3.8, 4) is 0 Å². The average molecular weight is 268 g/mol. The van der Waals surface area contributed by atoms with Crippen LogP contribution in [0.3, 0.4) is 0 Å². The van der Waals surface area contributed by atoms with Crippen LogP contribution in [0.1, 0.15) is 11.3 Å². The third-order valence-corrected chi connectivity index (χ3v) is 2.63. The minimum Gasteiger partial charge on any atom is -0.376 e. The number of anilines is 1. The lowest BCUT2D eigenvalue weighted by Crippen LogP contribution is -2.05. The molecule has 0 unspecified atom stereocenters. The van der Waals surface area contributed by atoms with E-state index in [1.807, 2.05) is 0 Å². The molecule has 0 aliphatic carbocycles. The fourth-order valence-electron chi connectivity index (χ4n) is 1.57. The molecule has 0 amide bonds. The molecule has 0 aliphatic heterocycles. The van der Waals surface area contributed by atoms with Crippen LogP contribution < -0.4 is 5.32 Å². The van der Waals surface area contributed by atoms with Gasteiger partial charge in [0, 0.05) is 17.8 Å². The summed E-state index contributed by atoms with van der Waals surface area (Å²) in [6.07, 6.45) is 1.53. The van der Waals surface area contributed by atoms with Crippen LogP contribution in [0.4, 0.5) is 20.2 Å². The molecule has 2 aromatic rings. The van der Waals surface area contributed by atoms with Crippen LogP contribution in [0.25, 0.3) is 0 Å². The van der Waals surface area contributed by atoms with Gasteiger partial charge in [-0.05, 0) is 6.92 Å². The van der Waals surface area contributed by atoms with Crippen molar-refractivity contribution < 1.29 is 13.7 Å². The Morgan fingerprint density at radius 3 is 2.53 bits per heavy atom. The van der Waals surface area contributed by atoms with Crippen LogP contribution in [0.2, 0.25) is 0 Å². The van der Waals surface area contributed by atoms with E-state index in [1.54, 1.807) is 6.92 Å². The van der Waals surface area contributed by atoms with Gasteiger partial charge in [0.2, 0.25) is 0 Å². The summed E-state index contributed by atoms with van der Waals surface area (Å²) in [5.74, 6) is -2.01. The second-order valence-electron chi connectivity index (χ2n) is 3.92. The Morgan fingerprint density at radius 2 is 2.05 bits per heavy atom. The third kappa shape index (κ3) is 2.67. The van der Waals surface area contributed by atoms with Crippen LogP contribution in [0.15, 0.2) is 18.3 Å². The maximum atomic E-state index is 13.6. The van der Waals surface area contributed by atoms with Crippen LogP contribution in [-0.4, -0.2) is 15.1 Å². The van der Waals surface area contributed by atoms with E-state index in [2.05, 4.69) is 15.5 Å². The number of hydrogen-bond donors (Lipinski definition) is 2. The second kappa shape index (κ2) is 5.01. The molecule has 0 bridgehead atoms. The predicted molar refractivity (Wildman–Crippen MR) is 63.7 cm³/mol. The van der Waals surface area contributed by atoms with Crippen LogP contribution in [0.5, 0.6) is 0 Å². The fourth-order valence-corrected chi connectivity index (χ4v) is 1.57. The number of nitrogens with one attached hydrogen (secondary N) is 2. The average Bonchev–Trinajstić information content (AvgIpc) is 2.73. The molecule has 8 heteroatoms. The maximum Gasteiger partial charge on any atom is 0.275 e. The molecule has 0 saturated carbocycles. The molecule has 6 nitrogen and oxygen atoms in total. The molecule has 0 fully saturated rings. The Balaban J connectivity index is 2.21. The lowest BCUT2D eigenvalue weighted by Gasteiger charge is -2.08. The van der Waals surface area contributed by atoms with Gasteiger partial charge in [0.05, 0.1) is 23.3 Å². The van der Waals surface area contributed by atoms with Crippen molar-refractivity contribution in [3.05, 3.63) is 51.3 Å². The van der Waals surface area contributed by atoms with Crippen molar-refractivity contribution in [2.24, 2.45) is 0 Å². The highest BCUT2D eigenvalue weighted by atomic mass is 19.1. The fraction of sp³-hybridized carbons (Fsp3) is 0.182. The van der Waals surface area contributed by atoms with Crippen molar-refractivity contribution in [1.82, 2.24) is 10.2 Å². The van der Waals surface area contributed by atoms with Gasteiger partial charge >= 0.3 is 0 Å². The first-order valence-corrected chi connectivity index (χ1v) is 5.35. The first-order valence-electron chi connectivity index (χ1n) is 5.35. The molecule has 0 aliphatic rings. The number of halogens is 2. The highest BCUT2D eigenvalue weighted by Gasteiger charge is 2.17. The molecule has 0 spiro atoms. The van der Waals surface area contributed by atoms with E-state index >= 15 is 0 Å². The zero-order valence-electron chi connectivity index (χ0n) is 9.91. The lowest BCUT2D eigenvalue weighted by atomic mass is 10.2. The van der Waals surface area contributed by atoms with Gasteiger partial charge in [0.1, 0.15) is 5.69 Å². The monoisotopic (exact) mass is 268 g/mol. The van der Waals surface area contributed by atoms with Crippen molar-refractivity contribution >= 4 is 11.4 Å². The molecule has 0 atom stereocenters. The maximum absolute atomic E-state index is 13.6. The van der Waals surface area contributed by atoms with Crippen molar-refractivity contribution in [2.75, 3.05) is 5.32 Å². The third-order valence-electron chi connectivity index (χ3n) is 2.63. The summed E-state index contributed by atoms with van der Waals surface area (Å²) in [6.45, 7) is 1.93. The zero-order valence-corrected chi connectivity index (χ0v) is 9.91. The van der Waals surface area contributed by atoms with E-state index in [0.29, 0.717) is 12.1 Å². The van der Waals surface area contributed by atoms with Crippen molar-refractivity contribution in [3.63, 3.8) is 0 Å². The normalized spacial score (nSPS) is 10.5. The number of benzene rings is 1. The number of nitro benzene ring substituents is 1. The highest BCUT2D eigenvalue weighted by Crippen LogP contribution is 2.25. The lowest BCUT2D eigenvalue weighted by molar-refractivity contribution is -0.385. The summed E-state index contributed by atoms with van der Waals surface area (Å²) >= 11 is 0. The molecule has 0 radical (unpaired) electrons. The van der Waals surface area contributed by atoms with E-state index < -0.39 is 27.9 Å². The zero-order chi connectivity index (χ0) is 14.0. The van der Waals surface area contributed by atoms with Crippen molar-refractivity contribution in [2.45, 2.75) is 13.5 Å². The first kappa shape index (κ1) is 12.9. The number of non-ortho nitro benzene ring substituents is 1. The van der Waals surface area contributed by atoms with E-state index in [0.717, 1.165) is 11.3 Å². The molecule has 1 heterocycles. The predicted octanol–water partition coefficient (Wildman–Crippen LogP) is 2.52. The van der Waals surface area contributed by atoms with Gasteiger partial charge in [0.15, 0.2) is 11.6 Å². The largest absolute Gasteiger partial charge is 0.376 e. The number of aromatic nitrogens is 2. The Kier molecular flexibility index (Phi) is 3.41. The highest BCUT2D eigenvalue weighted by molar-refractivity contribution is 5.52. The number of nitro groups is 1. The topological polar surface area (TPSA) is 83.8 Å². The molecule has 2 N–H and O–H groups in total. The summed E-state index contributed by atoms with van der Waals surface area (Å²) in [7, 11) is 0. The smallest absolute Gasteiger partial charge is 0.275 e. The van der Waals surface area contributed by atoms with Crippen molar-refractivity contribution in [1.29, 1.82) is 0 Å². The van der Waals surface area contributed by atoms with Gasteiger partial charge in [-0.15, -0.1) is 0 Å². The van der Waals surface area contributed by atoms with Crippen LogP contribution in [0, 0.1) is 28.7 Å². The summed E-state index contributed by atoms with van der Waals surface area (Å²) in [6, 6.07) is 1.35. The Labute approximate surface area is 106 Å². The van der Waals surface area contributed by atoms with Gasteiger partial charge in [-0.1, -0.05) is 0 Å². The molecule has 1 aromatic heterocycles. The van der Waals surface area contributed by atoms with E-state index in [1.165, 1.54) is 6.20 Å². The number of aromatic amines is 1. The Bertz CT molecular complexity index is 604. The number of aryl methyl sites for hydroxylation is 1. The molecule has 1 aromatic carbocycles. The Hall–Kier alpha value is -2.51. The summed E-state index contributed by atoms with van der Waals surface area (Å²) in [4.78, 5) is 9.59. The molecule has 2 rings (SSSR count). The van der Waals surface area contributed by atoms with Gasteiger partial charge in [-0.2, -0.15) is 5.10 Å². The van der Waals surface area contributed by atoms with E-state index in [9.17, 15) is 18.9 Å². The molecule has 0 saturated heterocycles. The van der Waals surface area contributed by atoms with Gasteiger partial charge in [0.25, 0.3) is 5.69 Å². The standard InChI is InChI=1S/C11H10F2N4O2/c1-6-7(5-15-16-6)4-14-11-9(12)2-8(17(18)19)3-10(11)13/h2-3,5,14H,4H2,1H3,(H,15,16). The van der Waals surface area contributed by atoms with Gasteiger partial charge in [-0.25, -0.2) is 8.78 Å². The van der Waals surface area contributed by atoms with Gasteiger partial charge in [-0.3, -0.25) is 15.2 Å². The quantitative estimate of drug-likeness (QED) is 0.659. The molecular formula is C11H10F2N4O2. The summed E-state index contributed by atoms with van der Waals surface area (Å²) in [5, 5.41) is 19.5. The van der Waals surface area contributed by atoms with E-state index in [-0.39, 0.29) is 6.54 Å². The van der Waals surface area contributed by atoms with Gasteiger partial charge < -0.3 is 5.32 Å². The van der Waals surface area contributed by atoms with E-state index in [4.69, 9.17) is 0 Å². The molecule has 100 valence electrons. The van der Waals surface area contributed by atoms with Crippen LogP contribution in [-0.2, 0) is 6.54 Å². The first-order chi connectivity index (χ1) is 8.99. The number of nitrogens with zero attached hydrogens (tertiary/aromatic N) is 2. The summed E-state index contributed by atoms with van der Waals surface area (Å²) in [5.41, 5.74) is 0.499. The number of hydrogen-bond acceptors (Lipinski definition) is 4. The molecular weight excluding hydrogens is 258 g/mol. The summed E-state index contributed by atoms with van der Waals surface area (Å²) < 4.78 is 27.1. The Morgan fingerprint density at radius 1 is 1.42 bits per heavy atom. The minimum absolute atomic E-state index is 0.161. The molecule has 19 heavy (non-hydrogen) atoms. The minimum atomic E-state index is -1.01. The second-order valence-corrected chi connectivity index (χ2v) is 3.92. The number of rotatable bonds is 4. The SMILES string of the molecule is Cc1[nH]ncc1CNc1c(F)cc([N+](=O)[O-])cc1F. The van der Waals surface area contributed by atoms with Crippen LogP contribution >= 0.6 is 0 Å².